The van der Waals surface area contributed by atoms with Crippen LogP contribution in [0.15, 0.2) is 42.7 Å². The molecule has 1 aromatic heterocycles. The standard InChI is InChI=1S/C16H14FN3O2/c17-11-1-2-12-13(8-15(21)20-14(12)7-11)16(22)19-9-10-3-5-18-6-4-10/h1-7,13H,8-9H2,(H,19,22)(H,20,21)/t13-/m0/s1. The molecule has 1 aliphatic heterocycles. The Bertz CT molecular complexity index is 719. The molecule has 2 aromatic rings. The van der Waals surface area contributed by atoms with Crippen LogP contribution >= 0.6 is 0 Å². The third-order valence-electron chi connectivity index (χ3n) is 3.59. The van der Waals surface area contributed by atoms with Crippen molar-refractivity contribution in [2.24, 2.45) is 0 Å². The Labute approximate surface area is 126 Å². The zero-order chi connectivity index (χ0) is 15.5. The lowest BCUT2D eigenvalue weighted by Gasteiger charge is -2.24. The number of nitrogens with zero attached hydrogens (tertiary/aromatic N) is 1. The number of nitrogens with one attached hydrogen (secondary N) is 2. The van der Waals surface area contributed by atoms with E-state index in [0.29, 0.717) is 17.8 Å². The normalized spacial score (nSPS) is 16.6. The Hall–Kier alpha value is -2.76. The van der Waals surface area contributed by atoms with E-state index in [9.17, 15) is 14.0 Å². The second-order valence-electron chi connectivity index (χ2n) is 5.11. The molecule has 0 spiro atoms. The Balaban J connectivity index is 1.77. The highest BCUT2D eigenvalue weighted by atomic mass is 19.1. The lowest BCUT2D eigenvalue weighted by Crippen LogP contribution is -2.34. The molecule has 2 heterocycles. The molecule has 0 bridgehead atoms. The minimum absolute atomic E-state index is 0.0564. The van der Waals surface area contributed by atoms with Gasteiger partial charge in [0.05, 0.1) is 5.92 Å². The number of hydrogen-bond donors (Lipinski definition) is 2. The van der Waals surface area contributed by atoms with Crippen LogP contribution in [0.2, 0.25) is 0 Å². The number of benzene rings is 1. The van der Waals surface area contributed by atoms with Gasteiger partial charge in [-0.3, -0.25) is 14.6 Å². The number of hydrogen-bond acceptors (Lipinski definition) is 3. The fraction of sp³-hybridized carbons (Fsp3) is 0.188. The van der Waals surface area contributed by atoms with Crippen molar-refractivity contribution < 1.29 is 14.0 Å². The molecule has 2 N–H and O–H groups in total. The average Bonchev–Trinajstić information content (AvgIpc) is 2.52. The summed E-state index contributed by atoms with van der Waals surface area (Å²) >= 11 is 0. The molecule has 0 saturated heterocycles. The number of pyridine rings is 1. The van der Waals surface area contributed by atoms with Crippen LogP contribution in [-0.4, -0.2) is 16.8 Å². The van der Waals surface area contributed by atoms with Crippen LogP contribution in [0.25, 0.3) is 0 Å². The van der Waals surface area contributed by atoms with E-state index < -0.39 is 11.7 Å². The predicted octanol–water partition coefficient (Wildman–Crippen LogP) is 1.96. The summed E-state index contributed by atoms with van der Waals surface area (Å²) < 4.78 is 13.3. The summed E-state index contributed by atoms with van der Waals surface area (Å²) in [5, 5.41) is 5.40. The second-order valence-corrected chi connectivity index (χ2v) is 5.11. The number of carbonyl (C=O) groups excluding carboxylic acids is 2. The van der Waals surface area contributed by atoms with Crippen molar-refractivity contribution in [1.82, 2.24) is 10.3 Å². The van der Waals surface area contributed by atoms with Crippen molar-refractivity contribution >= 4 is 17.5 Å². The molecule has 112 valence electrons. The zero-order valence-corrected chi connectivity index (χ0v) is 11.7. The van der Waals surface area contributed by atoms with Gasteiger partial charge in [-0.05, 0) is 35.4 Å². The number of aromatic nitrogens is 1. The van der Waals surface area contributed by atoms with Crippen LogP contribution in [0.5, 0.6) is 0 Å². The number of carbonyl (C=O) groups is 2. The Morgan fingerprint density at radius 2 is 2.09 bits per heavy atom. The molecule has 22 heavy (non-hydrogen) atoms. The fourth-order valence-electron chi connectivity index (χ4n) is 2.48. The molecule has 3 rings (SSSR count). The van der Waals surface area contributed by atoms with Crippen LogP contribution < -0.4 is 10.6 Å². The van der Waals surface area contributed by atoms with Crippen molar-refractivity contribution in [2.45, 2.75) is 18.9 Å². The topological polar surface area (TPSA) is 71.1 Å². The van der Waals surface area contributed by atoms with Crippen LogP contribution in [-0.2, 0) is 16.1 Å². The molecule has 6 heteroatoms. The fourth-order valence-corrected chi connectivity index (χ4v) is 2.48. The van der Waals surface area contributed by atoms with Gasteiger partial charge in [0.15, 0.2) is 0 Å². The average molecular weight is 299 g/mol. The predicted molar refractivity (Wildman–Crippen MR) is 78.5 cm³/mol. The van der Waals surface area contributed by atoms with Gasteiger partial charge < -0.3 is 10.6 Å². The highest BCUT2D eigenvalue weighted by Gasteiger charge is 2.30. The van der Waals surface area contributed by atoms with Crippen LogP contribution in [0.4, 0.5) is 10.1 Å². The molecule has 0 saturated carbocycles. The summed E-state index contributed by atoms with van der Waals surface area (Å²) in [4.78, 5) is 28.0. The monoisotopic (exact) mass is 299 g/mol. The van der Waals surface area contributed by atoms with E-state index in [1.54, 1.807) is 30.6 Å². The van der Waals surface area contributed by atoms with Gasteiger partial charge in [0, 0.05) is 31.0 Å². The number of amides is 2. The minimum atomic E-state index is -0.605. The lowest BCUT2D eigenvalue weighted by molar-refractivity contribution is -0.126. The first-order valence-corrected chi connectivity index (χ1v) is 6.89. The van der Waals surface area contributed by atoms with E-state index in [1.807, 2.05) is 0 Å². The van der Waals surface area contributed by atoms with Crippen molar-refractivity contribution in [3.8, 4) is 0 Å². The third kappa shape index (κ3) is 2.95. The smallest absolute Gasteiger partial charge is 0.228 e. The van der Waals surface area contributed by atoms with Crippen molar-refractivity contribution in [3.63, 3.8) is 0 Å². The minimum Gasteiger partial charge on any atom is -0.351 e. The summed E-state index contributed by atoms with van der Waals surface area (Å²) in [6.45, 7) is 0.357. The van der Waals surface area contributed by atoms with Crippen molar-refractivity contribution in [3.05, 3.63) is 59.7 Å². The Morgan fingerprint density at radius 1 is 1.32 bits per heavy atom. The second kappa shape index (κ2) is 5.93. The number of anilines is 1. The van der Waals surface area contributed by atoms with Gasteiger partial charge in [0.2, 0.25) is 11.8 Å². The molecule has 0 radical (unpaired) electrons. The van der Waals surface area contributed by atoms with Crippen molar-refractivity contribution in [1.29, 1.82) is 0 Å². The van der Waals surface area contributed by atoms with Crippen LogP contribution in [0.1, 0.15) is 23.5 Å². The maximum absolute atomic E-state index is 13.3. The van der Waals surface area contributed by atoms with Gasteiger partial charge in [-0.25, -0.2) is 4.39 Å². The maximum atomic E-state index is 13.3. The van der Waals surface area contributed by atoms with E-state index in [1.165, 1.54) is 12.1 Å². The van der Waals surface area contributed by atoms with Crippen LogP contribution in [0.3, 0.4) is 0 Å². The quantitative estimate of drug-likeness (QED) is 0.910. The summed E-state index contributed by atoms with van der Waals surface area (Å²) in [5.74, 6) is -1.59. The highest BCUT2D eigenvalue weighted by Crippen LogP contribution is 2.32. The van der Waals surface area contributed by atoms with Gasteiger partial charge in [0.25, 0.3) is 0 Å². The first-order valence-electron chi connectivity index (χ1n) is 6.89. The molecule has 0 fully saturated rings. The summed E-state index contributed by atoms with van der Waals surface area (Å²) in [7, 11) is 0. The summed E-state index contributed by atoms with van der Waals surface area (Å²) in [5.41, 5.74) is 1.91. The lowest BCUT2D eigenvalue weighted by atomic mass is 9.89. The van der Waals surface area contributed by atoms with Gasteiger partial charge in [-0.2, -0.15) is 0 Å². The molecule has 1 atom stereocenters. The molecule has 5 nitrogen and oxygen atoms in total. The van der Waals surface area contributed by atoms with Crippen molar-refractivity contribution in [2.75, 3.05) is 5.32 Å². The third-order valence-corrected chi connectivity index (χ3v) is 3.59. The van der Waals surface area contributed by atoms with Crippen LogP contribution in [0, 0.1) is 5.82 Å². The SMILES string of the molecule is O=C1C[C@H](C(=O)NCc2ccncc2)c2ccc(F)cc2N1. The zero-order valence-electron chi connectivity index (χ0n) is 11.7. The van der Waals surface area contributed by atoms with E-state index >= 15 is 0 Å². The largest absolute Gasteiger partial charge is 0.351 e. The first-order chi connectivity index (χ1) is 10.6. The molecule has 0 unspecified atom stereocenters. The molecule has 1 aromatic carbocycles. The molecule has 2 amide bonds. The summed E-state index contributed by atoms with van der Waals surface area (Å²) in [6.07, 6.45) is 3.35. The van der Waals surface area contributed by atoms with Gasteiger partial charge in [-0.15, -0.1) is 0 Å². The molecular weight excluding hydrogens is 285 g/mol. The molecule has 0 aliphatic carbocycles. The van der Waals surface area contributed by atoms with E-state index in [0.717, 1.165) is 5.56 Å². The number of halogens is 1. The Morgan fingerprint density at radius 3 is 2.86 bits per heavy atom. The molecular formula is C16H14FN3O2. The Kier molecular flexibility index (Phi) is 3.82. The number of rotatable bonds is 3. The van der Waals surface area contributed by atoms with Gasteiger partial charge >= 0.3 is 0 Å². The van der Waals surface area contributed by atoms with Gasteiger partial charge in [-0.1, -0.05) is 6.07 Å². The maximum Gasteiger partial charge on any atom is 0.228 e. The van der Waals surface area contributed by atoms with E-state index in [2.05, 4.69) is 15.6 Å². The molecule has 1 aliphatic rings. The highest BCUT2D eigenvalue weighted by molar-refractivity contribution is 6.01. The summed E-state index contributed by atoms with van der Waals surface area (Å²) in [6, 6.07) is 7.67. The van der Waals surface area contributed by atoms with E-state index in [4.69, 9.17) is 0 Å². The number of fused-ring (bicyclic) bond motifs is 1. The van der Waals surface area contributed by atoms with Gasteiger partial charge in [0.1, 0.15) is 5.82 Å². The first kappa shape index (κ1) is 14.2. The van der Waals surface area contributed by atoms with E-state index in [-0.39, 0.29) is 18.2 Å².